The first-order valence-electron chi connectivity index (χ1n) is 7.41. The second-order valence-corrected chi connectivity index (χ2v) is 5.18. The van der Waals surface area contributed by atoms with Gasteiger partial charge < -0.3 is 10.6 Å². The van der Waals surface area contributed by atoms with E-state index >= 15 is 0 Å². The highest BCUT2D eigenvalue weighted by molar-refractivity contribution is 5.95. The molecular weight excluding hydrogens is 295 g/mol. The van der Waals surface area contributed by atoms with Gasteiger partial charge in [-0.1, -0.05) is 30.3 Å². The number of halogens is 1. The Morgan fingerprint density at radius 1 is 1.09 bits per heavy atom. The van der Waals surface area contributed by atoms with Crippen LogP contribution in [0.3, 0.4) is 0 Å². The van der Waals surface area contributed by atoms with Gasteiger partial charge in [0.15, 0.2) is 5.78 Å². The third-order valence-electron chi connectivity index (χ3n) is 3.40. The topological polar surface area (TPSA) is 58.2 Å². The third-order valence-corrected chi connectivity index (χ3v) is 3.40. The Morgan fingerprint density at radius 3 is 2.61 bits per heavy atom. The van der Waals surface area contributed by atoms with Gasteiger partial charge >= 0.3 is 0 Å². The lowest BCUT2D eigenvalue weighted by Gasteiger charge is -2.09. The summed E-state index contributed by atoms with van der Waals surface area (Å²) in [5, 5.41) is 5.69. The fourth-order valence-corrected chi connectivity index (χ4v) is 2.13. The molecule has 0 saturated heterocycles. The Labute approximate surface area is 134 Å². The lowest BCUT2D eigenvalue weighted by molar-refractivity contribution is -0.119. The van der Waals surface area contributed by atoms with Gasteiger partial charge in [-0.2, -0.15) is 0 Å². The number of Topliss-reactive ketones (excluding diaryl/α,β-unsaturated/α-hetero) is 1. The summed E-state index contributed by atoms with van der Waals surface area (Å²) >= 11 is 0. The van der Waals surface area contributed by atoms with Crippen LogP contribution in [-0.4, -0.2) is 24.8 Å². The molecule has 4 nitrogen and oxygen atoms in total. The molecule has 2 rings (SSSR count). The molecule has 0 bridgehead atoms. The van der Waals surface area contributed by atoms with Gasteiger partial charge in [-0.25, -0.2) is 4.39 Å². The fraction of sp³-hybridized carbons (Fsp3) is 0.222. The number of hydrogen-bond acceptors (Lipinski definition) is 3. The second kappa shape index (κ2) is 8.08. The summed E-state index contributed by atoms with van der Waals surface area (Å²) < 4.78 is 13.4. The molecule has 0 aliphatic rings. The molecule has 0 aromatic heterocycles. The first-order valence-corrected chi connectivity index (χ1v) is 7.41. The van der Waals surface area contributed by atoms with Gasteiger partial charge in [0.1, 0.15) is 5.82 Å². The molecule has 23 heavy (non-hydrogen) atoms. The third kappa shape index (κ3) is 5.21. The molecule has 0 heterocycles. The number of rotatable bonds is 7. The number of benzene rings is 2. The van der Waals surface area contributed by atoms with Crippen LogP contribution in [0, 0.1) is 5.82 Å². The molecule has 0 aliphatic heterocycles. The highest BCUT2D eigenvalue weighted by atomic mass is 19.1. The van der Waals surface area contributed by atoms with Crippen molar-refractivity contribution in [2.75, 3.05) is 18.4 Å². The average molecular weight is 314 g/mol. The van der Waals surface area contributed by atoms with E-state index in [4.69, 9.17) is 0 Å². The van der Waals surface area contributed by atoms with E-state index in [2.05, 4.69) is 10.6 Å². The maximum atomic E-state index is 13.4. The van der Waals surface area contributed by atoms with E-state index in [9.17, 15) is 14.0 Å². The summed E-state index contributed by atoms with van der Waals surface area (Å²) in [5.41, 5.74) is 1.88. The second-order valence-electron chi connectivity index (χ2n) is 5.18. The zero-order valence-electron chi connectivity index (χ0n) is 12.9. The van der Waals surface area contributed by atoms with Crippen LogP contribution in [0.1, 0.15) is 22.8 Å². The fourth-order valence-electron chi connectivity index (χ4n) is 2.13. The molecule has 0 unspecified atom stereocenters. The van der Waals surface area contributed by atoms with Crippen molar-refractivity contribution >= 4 is 17.4 Å². The Hall–Kier alpha value is -2.69. The summed E-state index contributed by atoms with van der Waals surface area (Å²) in [6.45, 7) is 1.96. The minimum atomic E-state index is -0.263. The van der Waals surface area contributed by atoms with E-state index in [-0.39, 0.29) is 24.1 Å². The number of carbonyl (C=O) groups excluding carboxylic acids is 2. The zero-order chi connectivity index (χ0) is 16.7. The van der Waals surface area contributed by atoms with Gasteiger partial charge in [0.05, 0.1) is 6.54 Å². The smallest absolute Gasteiger partial charge is 0.239 e. The minimum absolute atomic E-state index is 0.0250. The molecule has 0 fully saturated rings. The van der Waals surface area contributed by atoms with E-state index in [1.54, 1.807) is 42.5 Å². The molecular formula is C18H19FN2O2. The molecule has 0 saturated carbocycles. The van der Waals surface area contributed by atoms with Crippen LogP contribution < -0.4 is 10.6 Å². The van der Waals surface area contributed by atoms with Gasteiger partial charge in [0.2, 0.25) is 5.91 Å². The monoisotopic (exact) mass is 314 g/mol. The van der Waals surface area contributed by atoms with Crippen molar-refractivity contribution < 1.29 is 14.0 Å². The van der Waals surface area contributed by atoms with Crippen molar-refractivity contribution in [2.45, 2.75) is 13.3 Å². The van der Waals surface area contributed by atoms with Crippen LogP contribution in [0.5, 0.6) is 0 Å². The summed E-state index contributed by atoms with van der Waals surface area (Å²) in [6, 6.07) is 13.5. The van der Waals surface area contributed by atoms with E-state index in [1.165, 1.54) is 13.0 Å². The van der Waals surface area contributed by atoms with Crippen molar-refractivity contribution in [1.82, 2.24) is 5.32 Å². The number of hydrogen-bond donors (Lipinski definition) is 2. The normalized spacial score (nSPS) is 10.2. The van der Waals surface area contributed by atoms with Crippen LogP contribution in [0.25, 0.3) is 0 Å². The Morgan fingerprint density at radius 2 is 1.87 bits per heavy atom. The van der Waals surface area contributed by atoms with Gasteiger partial charge in [0, 0.05) is 17.8 Å². The predicted octanol–water partition coefficient (Wildman–Crippen LogP) is 2.80. The molecule has 2 aromatic carbocycles. The number of nitrogens with one attached hydrogen (secondary N) is 2. The molecule has 0 radical (unpaired) electrons. The van der Waals surface area contributed by atoms with Crippen LogP contribution >= 0.6 is 0 Å². The summed E-state index contributed by atoms with van der Waals surface area (Å²) in [4.78, 5) is 23.1. The minimum Gasteiger partial charge on any atom is -0.376 e. The number of amides is 1. The average Bonchev–Trinajstić information content (AvgIpc) is 2.55. The Bertz CT molecular complexity index is 701. The molecule has 2 aromatic rings. The molecule has 1 amide bonds. The quantitative estimate of drug-likeness (QED) is 0.773. The number of anilines is 1. The van der Waals surface area contributed by atoms with Gasteiger partial charge in [-0.15, -0.1) is 0 Å². The highest BCUT2D eigenvalue weighted by Crippen LogP contribution is 2.10. The highest BCUT2D eigenvalue weighted by Gasteiger charge is 2.05. The molecule has 0 spiro atoms. The SMILES string of the molecule is CC(=O)c1cccc(NCC(=O)NCCc2ccccc2F)c1. The van der Waals surface area contributed by atoms with Gasteiger partial charge in [-0.05, 0) is 37.1 Å². The summed E-state index contributed by atoms with van der Waals surface area (Å²) in [7, 11) is 0. The Kier molecular flexibility index (Phi) is 5.86. The maximum absolute atomic E-state index is 13.4. The molecule has 120 valence electrons. The van der Waals surface area contributed by atoms with Crippen molar-refractivity contribution in [3.8, 4) is 0 Å². The van der Waals surface area contributed by atoms with E-state index < -0.39 is 0 Å². The molecule has 5 heteroatoms. The van der Waals surface area contributed by atoms with Crippen LogP contribution in [0.4, 0.5) is 10.1 Å². The first kappa shape index (κ1) is 16.7. The predicted molar refractivity (Wildman–Crippen MR) is 88.0 cm³/mol. The molecule has 0 aliphatic carbocycles. The van der Waals surface area contributed by atoms with Crippen molar-refractivity contribution in [3.63, 3.8) is 0 Å². The lowest BCUT2D eigenvalue weighted by Crippen LogP contribution is -2.31. The first-order chi connectivity index (χ1) is 11.1. The van der Waals surface area contributed by atoms with Crippen molar-refractivity contribution in [1.29, 1.82) is 0 Å². The lowest BCUT2D eigenvalue weighted by atomic mass is 10.1. The van der Waals surface area contributed by atoms with E-state index in [0.29, 0.717) is 29.8 Å². The Balaban J connectivity index is 1.76. The molecule has 0 atom stereocenters. The van der Waals surface area contributed by atoms with Crippen LogP contribution in [0.2, 0.25) is 0 Å². The van der Waals surface area contributed by atoms with E-state index in [0.717, 1.165) is 0 Å². The molecule has 2 N–H and O–H groups in total. The zero-order valence-corrected chi connectivity index (χ0v) is 12.9. The van der Waals surface area contributed by atoms with Crippen LogP contribution in [0.15, 0.2) is 48.5 Å². The largest absolute Gasteiger partial charge is 0.376 e. The standard InChI is InChI=1S/C18H19FN2O2/c1-13(22)15-6-4-7-16(11-15)21-12-18(23)20-10-9-14-5-2-3-8-17(14)19/h2-8,11,21H,9-10,12H2,1H3,(H,20,23). The van der Waals surface area contributed by atoms with Gasteiger partial charge in [-0.3, -0.25) is 9.59 Å². The van der Waals surface area contributed by atoms with Crippen molar-refractivity contribution in [2.24, 2.45) is 0 Å². The number of carbonyl (C=O) groups is 2. The van der Waals surface area contributed by atoms with Gasteiger partial charge in [0.25, 0.3) is 0 Å². The number of ketones is 1. The maximum Gasteiger partial charge on any atom is 0.239 e. The summed E-state index contributed by atoms with van der Waals surface area (Å²) in [5.74, 6) is -0.474. The summed E-state index contributed by atoms with van der Waals surface area (Å²) in [6.07, 6.45) is 0.443. The van der Waals surface area contributed by atoms with Crippen molar-refractivity contribution in [3.05, 3.63) is 65.5 Å². The van der Waals surface area contributed by atoms with E-state index in [1.807, 2.05) is 0 Å². The van der Waals surface area contributed by atoms with Crippen LogP contribution in [-0.2, 0) is 11.2 Å².